The highest BCUT2D eigenvalue weighted by Crippen LogP contribution is 2.27. The summed E-state index contributed by atoms with van der Waals surface area (Å²) in [6, 6.07) is 6.42. The Morgan fingerprint density at radius 3 is 1.95 bits per heavy atom. The van der Waals surface area contributed by atoms with Crippen LogP contribution in [0.2, 0.25) is 0 Å². The average Bonchev–Trinajstić information content (AvgIpc) is 2.88. The summed E-state index contributed by atoms with van der Waals surface area (Å²) in [7, 11) is 0. The molecule has 2 rings (SSSR count). The van der Waals surface area contributed by atoms with E-state index in [1.807, 2.05) is 6.92 Å². The Morgan fingerprint density at radius 1 is 1.00 bits per heavy atom. The van der Waals surface area contributed by atoms with Crippen molar-refractivity contribution < 1.29 is 19.3 Å². The smallest absolute Gasteiger partial charge is 0.315 e. The van der Waals surface area contributed by atoms with Gasteiger partial charge in [-0.15, -0.1) is 0 Å². The van der Waals surface area contributed by atoms with E-state index in [-0.39, 0.29) is 5.82 Å². The number of nitro groups is 3. The van der Waals surface area contributed by atoms with Crippen LogP contribution in [0.5, 0.6) is 0 Å². The Hall–Kier alpha value is -3.44. The number of benzene rings is 1. The Kier molecular flexibility index (Phi) is 3.51. The van der Waals surface area contributed by atoms with E-state index in [9.17, 15) is 30.3 Å². The van der Waals surface area contributed by atoms with E-state index in [0.29, 0.717) is 5.56 Å². The minimum Gasteiger partial charge on any atom is -0.315 e. The molecule has 0 N–H and O–H groups in total. The van der Waals surface area contributed by atoms with Crippen molar-refractivity contribution in [2.75, 3.05) is 0 Å². The second kappa shape index (κ2) is 5.16. The molecule has 0 spiro atoms. The van der Waals surface area contributed by atoms with Crippen LogP contribution in [0.3, 0.4) is 0 Å². The highest BCUT2D eigenvalue weighted by molar-refractivity contribution is 5.54. The Morgan fingerprint density at radius 2 is 1.50 bits per heavy atom. The lowest BCUT2D eigenvalue weighted by atomic mass is 10.1. The SMILES string of the molecule is Cc1ccc(-c2noc(C([N+](=O)[O-])([N+](=O)[O-])[N+](=O)[O-])n2)cc1. The molecule has 0 aliphatic carbocycles. The van der Waals surface area contributed by atoms with E-state index >= 15 is 0 Å². The first-order valence-electron chi connectivity index (χ1n) is 5.65. The maximum atomic E-state index is 10.9. The lowest BCUT2D eigenvalue weighted by molar-refractivity contribution is -0.989. The molecule has 0 fully saturated rings. The summed E-state index contributed by atoms with van der Waals surface area (Å²) in [6.45, 7) is 1.81. The normalized spacial score (nSPS) is 11.1. The summed E-state index contributed by atoms with van der Waals surface area (Å²) >= 11 is 0. The van der Waals surface area contributed by atoms with Crippen LogP contribution in [0.1, 0.15) is 11.5 Å². The predicted octanol–water partition coefficient (Wildman–Crippen LogP) is 0.985. The Bertz CT molecular complexity index is 717. The summed E-state index contributed by atoms with van der Waals surface area (Å²) in [4.78, 5) is 31.0. The van der Waals surface area contributed by atoms with E-state index < -0.39 is 26.4 Å². The number of aromatic nitrogens is 2. The van der Waals surface area contributed by atoms with Crippen LogP contribution in [0.4, 0.5) is 0 Å². The monoisotopic (exact) mass is 309 g/mol. The molecule has 0 aliphatic rings. The van der Waals surface area contributed by atoms with Crippen LogP contribution >= 0.6 is 0 Å². The summed E-state index contributed by atoms with van der Waals surface area (Å²) in [5.41, 5.74) is 1.24. The van der Waals surface area contributed by atoms with E-state index in [1.165, 1.54) is 12.1 Å². The van der Waals surface area contributed by atoms with E-state index in [0.717, 1.165) is 5.56 Å². The van der Waals surface area contributed by atoms with Crippen LogP contribution in [-0.4, -0.2) is 24.9 Å². The molecule has 0 saturated carbocycles. The van der Waals surface area contributed by atoms with Crippen molar-refractivity contribution in [1.29, 1.82) is 0 Å². The van der Waals surface area contributed by atoms with Gasteiger partial charge in [-0.3, -0.25) is 30.3 Å². The van der Waals surface area contributed by atoms with Crippen molar-refractivity contribution in [2.45, 2.75) is 12.7 Å². The number of nitrogens with zero attached hydrogens (tertiary/aromatic N) is 5. The van der Waals surface area contributed by atoms with Crippen molar-refractivity contribution in [3.63, 3.8) is 0 Å². The molecule has 0 unspecified atom stereocenters. The summed E-state index contributed by atoms with van der Waals surface area (Å²) < 4.78 is 4.41. The van der Waals surface area contributed by atoms with Gasteiger partial charge >= 0.3 is 11.7 Å². The molecule has 1 heterocycles. The van der Waals surface area contributed by atoms with Gasteiger partial charge in [-0.05, 0) is 6.92 Å². The van der Waals surface area contributed by atoms with Crippen molar-refractivity contribution in [3.8, 4) is 11.4 Å². The van der Waals surface area contributed by atoms with Gasteiger partial charge in [0.2, 0.25) is 5.82 Å². The summed E-state index contributed by atoms with van der Waals surface area (Å²) in [5, 5.41) is 36.0. The van der Waals surface area contributed by atoms with Crippen LogP contribution in [0.15, 0.2) is 28.8 Å². The van der Waals surface area contributed by atoms with Crippen LogP contribution in [-0.2, 0) is 5.79 Å². The highest BCUT2D eigenvalue weighted by atomic mass is 16.7. The predicted molar refractivity (Wildman–Crippen MR) is 67.1 cm³/mol. The molecule has 0 atom stereocenters. The fraction of sp³-hybridized carbons (Fsp3) is 0.200. The van der Waals surface area contributed by atoms with Gasteiger partial charge in [-0.2, -0.15) is 4.98 Å². The summed E-state index contributed by atoms with van der Waals surface area (Å²) in [6.07, 6.45) is 0. The molecule has 114 valence electrons. The molecule has 0 saturated heterocycles. The third-order valence-electron chi connectivity index (χ3n) is 2.79. The molecule has 12 heteroatoms. The topological polar surface area (TPSA) is 168 Å². The summed E-state index contributed by atoms with van der Waals surface area (Å²) in [5.74, 6) is -5.50. The molecule has 1 aromatic carbocycles. The molecule has 12 nitrogen and oxygen atoms in total. The van der Waals surface area contributed by atoms with Gasteiger partial charge in [0, 0.05) is 5.56 Å². The minimum atomic E-state index is -3.93. The standard InChI is InChI=1S/C10H7N5O7/c1-6-2-4-7(5-3-6)8-11-9(22-12-8)10(13(16)17,14(18)19)15(20)21/h2-5H,1H3. The van der Waals surface area contributed by atoms with Gasteiger partial charge in [-0.25, -0.2) is 0 Å². The first-order chi connectivity index (χ1) is 10.3. The quantitative estimate of drug-likeness (QED) is 0.443. The molecular formula is C10H7N5O7. The third kappa shape index (κ3) is 2.11. The lowest BCUT2D eigenvalue weighted by Crippen LogP contribution is -2.50. The first kappa shape index (κ1) is 15.0. The van der Waals surface area contributed by atoms with E-state index in [4.69, 9.17) is 0 Å². The molecule has 2 aromatic rings. The fourth-order valence-corrected chi connectivity index (χ4v) is 1.61. The number of rotatable bonds is 5. The molecule has 0 aliphatic heterocycles. The zero-order valence-electron chi connectivity index (χ0n) is 10.9. The van der Waals surface area contributed by atoms with Gasteiger partial charge < -0.3 is 4.52 Å². The van der Waals surface area contributed by atoms with Gasteiger partial charge in [0.05, 0.1) is 0 Å². The number of hydrogen-bond donors (Lipinski definition) is 0. The first-order valence-corrected chi connectivity index (χ1v) is 5.65. The van der Waals surface area contributed by atoms with Crippen molar-refractivity contribution in [2.24, 2.45) is 0 Å². The zero-order valence-corrected chi connectivity index (χ0v) is 10.9. The van der Waals surface area contributed by atoms with Crippen molar-refractivity contribution >= 4 is 0 Å². The third-order valence-corrected chi connectivity index (χ3v) is 2.79. The second-order valence-corrected chi connectivity index (χ2v) is 4.20. The van der Waals surface area contributed by atoms with Gasteiger partial charge in [0.15, 0.2) is 14.8 Å². The number of hydrogen-bond acceptors (Lipinski definition) is 9. The van der Waals surface area contributed by atoms with Crippen LogP contribution in [0, 0.1) is 37.3 Å². The lowest BCUT2D eigenvalue weighted by Gasteiger charge is -2.03. The van der Waals surface area contributed by atoms with E-state index in [2.05, 4.69) is 14.7 Å². The van der Waals surface area contributed by atoms with Gasteiger partial charge in [0.25, 0.3) is 0 Å². The molecule has 0 amide bonds. The molecule has 1 aromatic heterocycles. The average molecular weight is 309 g/mol. The van der Waals surface area contributed by atoms with Crippen molar-refractivity contribution in [3.05, 3.63) is 66.1 Å². The van der Waals surface area contributed by atoms with Crippen molar-refractivity contribution in [1.82, 2.24) is 10.1 Å². The molecule has 22 heavy (non-hydrogen) atoms. The van der Waals surface area contributed by atoms with Crippen LogP contribution < -0.4 is 0 Å². The number of aryl methyl sites for hydroxylation is 1. The van der Waals surface area contributed by atoms with E-state index in [1.54, 1.807) is 12.1 Å². The second-order valence-electron chi connectivity index (χ2n) is 4.20. The molecular weight excluding hydrogens is 302 g/mol. The highest BCUT2D eigenvalue weighted by Gasteiger charge is 2.78. The van der Waals surface area contributed by atoms with Gasteiger partial charge in [-0.1, -0.05) is 35.0 Å². The molecule has 0 bridgehead atoms. The zero-order chi connectivity index (χ0) is 16.5. The Labute approximate surface area is 120 Å². The molecule has 0 radical (unpaired) electrons. The maximum Gasteiger partial charge on any atom is 0.782 e. The van der Waals surface area contributed by atoms with Crippen LogP contribution in [0.25, 0.3) is 11.4 Å². The Balaban J connectivity index is 2.57. The maximum absolute atomic E-state index is 10.9. The largest absolute Gasteiger partial charge is 0.782 e. The minimum absolute atomic E-state index is 0.232. The fourth-order valence-electron chi connectivity index (χ4n) is 1.61. The van der Waals surface area contributed by atoms with Gasteiger partial charge in [0.1, 0.15) is 0 Å².